The average molecular weight is 345 g/mol. The Balaban J connectivity index is 1.70. The molecule has 0 saturated carbocycles. The molecule has 1 atom stereocenters. The number of nitrogens with one attached hydrogen (secondary N) is 1. The number of carbonyl (C=O) groups is 3. The number of carbonyl (C=O) groups excluding carboxylic acids is 3. The molecule has 2 aliphatic heterocycles. The van der Waals surface area contributed by atoms with Gasteiger partial charge >= 0.3 is 5.97 Å². The highest BCUT2D eigenvalue weighted by atomic mass is 16.5. The molecule has 7 nitrogen and oxygen atoms in total. The highest BCUT2D eigenvalue weighted by Gasteiger charge is 2.36. The topological polar surface area (TPSA) is 79.0 Å². The number of benzene rings is 1. The predicted molar refractivity (Wildman–Crippen MR) is 93.7 cm³/mol. The van der Waals surface area contributed by atoms with Crippen molar-refractivity contribution in [3.63, 3.8) is 0 Å². The molecular formula is C18H23N3O4. The summed E-state index contributed by atoms with van der Waals surface area (Å²) in [6.45, 7) is 5.47. The first-order valence-corrected chi connectivity index (χ1v) is 8.71. The van der Waals surface area contributed by atoms with E-state index in [1.165, 1.54) is 0 Å². The zero-order valence-electron chi connectivity index (χ0n) is 14.6. The van der Waals surface area contributed by atoms with Crippen LogP contribution in [-0.4, -0.2) is 55.0 Å². The summed E-state index contributed by atoms with van der Waals surface area (Å²) in [6.07, 6.45) is 1.83. The molecule has 2 aliphatic rings. The van der Waals surface area contributed by atoms with Crippen molar-refractivity contribution >= 4 is 29.2 Å². The SMILES string of the molecule is CCN(CC)C(=O)COC(=O)c1ccc2c(c1)NC(=O)[C@@H]1CCCN21. The fourth-order valence-corrected chi connectivity index (χ4v) is 3.44. The second kappa shape index (κ2) is 7.13. The van der Waals surface area contributed by atoms with Gasteiger partial charge in [0.15, 0.2) is 6.61 Å². The molecular weight excluding hydrogens is 322 g/mol. The molecule has 1 fully saturated rings. The van der Waals surface area contributed by atoms with Crippen molar-refractivity contribution in [3.8, 4) is 0 Å². The number of esters is 1. The Kier molecular flexibility index (Phi) is 4.92. The summed E-state index contributed by atoms with van der Waals surface area (Å²) in [5.74, 6) is -0.821. The van der Waals surface area contributed by atoms with Gasteiger partial charge in [0.25, 0.3) is 5.91 Å². The summed E-state index contributed by atoms with van der Waals surface area (Å²) in [5, 5.41) is 2.86. The highest BCUT2D eigenvalue weighted by Crippen LogP contribution is 2.37. The van der Waals surface area contributed by atoms with Gasteiger partial charge in [-0.25, -0.2) is 4.79 Å². The van der Waals surface area contributed by atoms with E-state index in [1.54, 1.807) is 17.0 Å². The summed E-state index contributed by atoms with van der Waals surface area (Å²) in [4.78, 5) is 40.0. The van der Waals surface area contributed by atoms with Crippen LogP contribution in [0.1, 0.15) is 37.0 Å². The molecule has 0 unspecified atom stereocenters. The summed E-state index contributed by atoms with van der Waals surface area (Å²) in [5.41, 5.74) is 1.87. The summed E-state index contributed by atoms with van der Waals surface area (Å²) in [6, 6.07) is 5.01. The maximum Gasteiger partial charge on any atom is 0.338 e. The number of likely N-dealkylation sites (N-methyl/N-ethyl adjacent to an activating group) is 1. The first-order chi connectivity index (χ1) is 12.0. The van der Waals surface area contributed by atoms with E-state index in [4.69, 9.17) is 4.74 Å². The van der Waals surface area contributed by atoms with Crippen molar-refractivity contribution in [2.45, 2.75) is 32.7 Å². The molecule has 0 bridgehead atoms. The Morgan fingerprint density at radius 3 is 2.80 bits per heavy atom. The monoisotopic (exact) mass is 345 g/mol. The van der Waals surface area contributed by atoms with Crippen molar-refractivity contribution in [1.82, 2.24) is 4.90 Å². The van der Waals surface area contributed by atoms with E-state index >= 15 is 0 Å². The molecule has 2 heterocycles. The van der Waals surface area contributed by atoms with Crippen LogP contribution in [-0.2, 0) is 14.3 Å². The van der Waals surface area contributed by atoms with Crippen LogP contribution in [0, 0.1) is 0 Å². The van der Waals surface area contributed by atoms with Crippen LogP contribution < -0.4 is 10.2 Å². The van der Waals surface area contributed by atoms with Gasteiger partial charge in [-0.05, 0) is 44.9 Å². The van der Waals surface area contributed by atoms with E-state index in [9.17, 15) is 14.4 Å². The lowest BCUT2D eigenvalue weighted by Gasteiger charge is -2.33. The van der Waals surface area contributed by atoms with E-state index in [-0.39, 0.29) is 24.5 Å². The normalized spacial score (nSPS) is 18.2. The Morgan fingerprint density at radius 2 is 2.08 bits per heavy atom. The van der Waals surface area contributed by atoms with Crippen molar-refractivity contribution in [3.05, 3.63) is 23.8 Å². The zero-order valence-corrected chi connectivity index (χ0v) is 14.6. The lowest BCUT2D eigenvalue weighted by molar-refractivity contribution is -0.134. The van der Waals surface area contributed by atoms with E-state index in [0.29, 0.717) is 24.3 Å². The minimum Gasteiger partial charge on any atom is -0.452 e. The molecule has 134 valence electrons. The molecule has 1 saturated heterocycles. The first-order valence-electron chi connectivity index (χ1n) is 8.71. The largest absolute Gasteiger partial charge is 0.452 e. The standard InChI is InChI=1S/C18H23N3O4/c1-3-20(4-2)16(22)11-25-18(24)12-7-8-14-13(10-12)19-17(23)15-6-5-9-21(14)15/h7-8,10,15H,3-6,9,11H2,1-2H3,(H,19,23)/t15-/m0/s1. The van der Waals surface area contributed by atoms with Gasteiger partial charge < -0.3 is 19.9 Å². The molecule has 1 aromatic rings. The van der Waals surface area contributed by atoms with E-state index in [2.05, 4.69) is 10.2 Å². The van der Waals surface area contributed by atoms with E-state index in [0.717, 1.165) is 25.1 Å². The predicted octanol–water partition coefficient (Wildman–Crippen LogP) is 1.63. The zero-order chi connectivity index (χ0) is 18.0. The second-order valence-electron chi connectivity index (χ2n) is 6.21. The molecule has 2 amide bonds. The third kappa shape index (κ3) is 3.31. The summed E-state index contributed by atoms with van der Waals surface area (Å²) >= 11 is 0. The average Bonchev–Trinajstić information content (AvgIpc) is 3.11. The molecule has 0 spiro atoms. The minimum absolute atomic E-state index is 0.0350. The van der Waals surface area contributed by atoms with Gasteiger partial charge in [-0.1, -0.05) is 0 Å². The maximum absolute atomic E-state index is 12.2. The lowest BCUT2D eigenvalue weighted by Crippen LogP contribution is -2.43. The molecule has 7 heteroatoms. The Hall–Kier alpha value is -2.57. The van der Waals surface area contributed by atoms with Gasteiger partial charge in [0.2, 0.25) is 5.91 Å². The minimum atomic E-state index is -0.568. The molecule has 0 aliphatic carbocycles. The van der Waals surface area contributed by atoms with Gasteiger partial charge in [-0.2, -0.15) is 0 Å². The summed E-state index contributed by atoms with van der Waals surface area (Å²) < 4.78 is 5.12. The molecule has 1 aromatic carbocycles. The molecule has 0 aromatic heterocycles. The highest BCUT2D eigenvalue weighted by molar-refractivity contribution is 6.05. The maximum atomic E-state index is 12.2. The van der Waals surface area contributed by atoms with Gasteiger partial charge in [-0.15, -0.1) is 0 Å². The smallest absolute Gasteiger partial charge is 0.338 e. The molecule has 25 heavy (non-hydrogen) atoms. The number of fused-ring (bicyclic) bond motifs is 3. The number of amides is 2. The van der Waals surface area contributed by atoms with Gasteiger partial charge in [-0.3, -0.25) is 9.59 Å². The number of nitrogens with zero attached hydrogens (tertiary/aromatic N) is 2. The van der Waals surface area contributed by atoms with Gasteiger partial charge in [0.1, 0.15) is 6.04 Å². The second-order valence-corrected chi connectivity index (χ2v) is 6.21. The number of hydrogen-bond donors (Lipinski definition) is 1. The quantitative estimate of drug-likeness (QED) is 0.821. The van der Waals surface area contributed by atoms with Crippen LogP contribution in [0.4, 0.5) is 11.4 Å². The van der Waals surface area contributed by atoms with Crippen LogP contribution in [0.3, 0.4) is 0 Å². The summed E-state index contributed by atoms with van der Waals surface area (Å²) in [7, 11) is 0. The van der Waals surface area contributed by atoms with Crippen LogP contribution in [0.5, 0.6) is 0 Å². The third-order valence-corrected chi connectivity index (χ3v) is 4.80. The van der Waals surface area contributed by atoms with Gasteiger partial charge in [0.05, 0.1) is 16.9 Å². The number of rotatable bonds is 5. The fourth-order valence-electron chi connectivity index (χ4n) is 3.44. The first kappa shape index (κ1) is 17.3. The lowest BCUT2D eigenvalue weighted by atomic mass is 10.1. The van der Waals surface area contributed by atoms with Crippen molar-refractivity contribution < 1.29 is 19.1 Å². The van der Waals surface area contributed by atoms with Crippen molar-refractivity contribution in [2.75, 3.05) is 36.5 Å². The van der Waals surface area contributed by atoms with E-state index < -0.39 is 5.97 Å². The molecule has 0 radical (unpaired) electrons. The molecule has 3 rings (SSSR count). The Bertz CT molecular complexity index is 700. The Labute approximate surface area is 146 Å². The Morgan fingerprint density at radius 1 is 1.32 bits per heavy atom. The van der Waals surface area contributed by atoms with Crippen molar-refractivity contribution in [2.24, 2.45) is 0 Å². The molecule has 1 N–H and O–H groups in total. The van der Waals surface area contributed by atoms with Gasteiger partial charge in [0, 0.05) is 19.6 Å². The number of anilines is 2. The van der Waals surface area contributed by atoms with Crippen LogP contribution in [0.25, 0.3) is 0 Å². The third-order valence-electron chi connectivity index (χ3n) is 4.80. The van der Waals surface area contributed by atoms with Crippen LogP contribution >= 0.6 is 0 Å². The van der Waals surface area contributed by atoms with Crippen LogP contribution in [0.2, 0.25) is 0 Å². The number of hydrogen-bond acceptors (Lipinski definition) is 5. The van der Waals surface area contributed by atoms with E-state index in [1.807, 2.05) is 19.9 Å². The fraction of sp³-hybridized carbons (Fsp3) is 0.500. The number of ether oxygens (including phenoxy) is 1. The van der Waals surface area contributed by atoms with Crippen LogP contribution in [0.15, 0.2) is 18.2 Å². The van der Waals surface area contributed by atoms with Crippen molar-refractivity contribution in [1.29, 1.82) is 0 Å².